The van der Waals surface area contributed by atoms with E-state index in [0.717, 1.165) is 6.42 Å². The van der Waals surface area contributed by atoms with Gasteiger partial charge in [0.15, 0.2) is 0 Å². The molecule has 0 aliphatic heterocycles. The van der Waals surface area contributed by atoms with Gasteiger partial charge in [0.05, 0.1) is 6.21 Å². The van der Waals surface area contributed by atoms with Crippen molar-refractivity contribution in [1.29, 1.82) is 0 Å². The molecule has 0 heterocycles. The van der Waals surface area contributed by atoms with Gasteiger partial charge in [-0.3, -0.25) is 0 Å². The van der Waals surface area contributed by atoms with Crippen LogP contribution in [0.5, 0.6) is 0 Å². The fourth-order valence-electron chi connectivity index (χ4n) is 1.24. The molecule has 0 fully saturated rings. The molecule has 1 aliphatic carbocycles. The normalized spacial score (nSPS) is 16.7. The number of rotatable bonds is 4. The molecule has 0 aromatic heterocycles. The summed E-state index contributed by atoms with van der Waals surface area (Å²) < 4.78 is 0. The summed E-state index contributed by atoms with van der Waals surface area (Å²) in [6.45, 7) is 0.514. The first-order valence-corrected chi connectivity index (χ1v) is 4.71. The molecule has 0 aromatic carbocycles. The van der Waals surface area contributed by atoms with Crippen LogP contribution in [0.2, 0.25) is 0 Å². The molecule has 0 radical (unpaired) electrons. The minimum absolute atomic E-state index is 0.514. The highest BCUT2D eigenvalue weighted by atomic mass is 16.6. The average Bonchev–Trinajstić information content (AvgIpc) is 2.19. The van der Waals surface area contributed by atoms with Crippen LogP contribution in [0, 0.1) is 12.3 Å². The van der Waals surface area contributed by atoms with Gasteiger partial charge in [0.25, 0.3) is 0 Å². The largest absolute Gasteiger partial charge is 0.395 e. The molecule has 0 spiro atoms. The molecular formula is C11H15NO. The van der Waals surface area contributed by atoms with Crippen LogP contribution in [-0.4, -0.2) is 12.8 Å². The van der Waals surface area contributed by atoms with E-state index < -0.39 is 0 Å². The van der Waals surface area contributed by atoms with Crippen molar-refractivity contribution < 1.29 is 4.84 Å². The van der Waals surface area contributed by atoms with Crippen LogP contribution in [0.4, 0.5) is 0 Å². The van der Waals surface area contributed by atoms with Crippen molar-refractivity contribution in [3.63, 3.8) is 0 Å². The summed E-state index contributed by atoms with van der Waals surface area (Å²) in [5.41, 5.74) is 1.28. The zero-order valence-electron chi connectivity index (χ0n) is 7.83. The second kappa shape index (κ2) is 6.30. The molecule has 0 bridgehead atoms. The van der Waals surface area contributed by atoms with E-state index in [1.165, 1.54) is 24.8 Å². The van der Waals surface area contributed by atoms with E-state index in [1.54, 1.807) is 6.21 Å². The Morgan fingerprint density at radius 2 is 2.54 bits per heavy atom. The Kier molecular flexibility index (Phi) is 4.78. The standard InChI is InChI=1S/C11H15NO/c1-2-3-9-13-12-10-11-7-5-4-6-8-11/h1,7,10H,3-6,8-9H2. The van der Waals surface area contributed by atoms with Gasteiger partial charge < -0.3 is 4.84 Å². The lowest BCUT2D eigenvalue weighted by molar-refractivity contribution is 0.152. The summed E-state index contributed by atoms with van der Waals surface area (Å²) in [7, 11) is 0. The molecule has 0 unspecified atom stereocenters. The van der Waals surface area contributed by atoms with Gasteiger partial charge in [0, 0.05) is 6.42 Å². The highest BCUT2D eigenvalue weighted by molar-refractivity contribution is 5.78. The summed E-state index contributed by atoms with van der Waals surface area (Å²) in [5, 5.41) is 3.84. The second-order valence-electron chi connectivity index (χ2n) is 3.05. The van der Waals surface area contributed by atoms with E-state index in [-0.39, 0.29) is 0 Å². The maximum absolute atomic E-state index is 5.06. The third-order valence-corrected chi connectivity index (χ3v) is 1.96. The number of hydrogen-bond acceptors (Lipinski definition) is 2. The first-order chi connectivity index (χ1) is 6.43. The maximum Gasteiger partial charge on any atom is 0.128 e. The van der Waals surface area contributed by atoms with Crippen molar-refractivity contribution in [2.75, 3.05) is 6.61 Å². The van der Waals surface area contributed by atoms with Gasteiger partial charge in [-0.1, -0.05) is 11.2 Å². The number of oxime groups is 1. The Bertz CT molecular complexity index is 235. The third kappa shape index (κ3) is 4.37. The van der Waals surface area contributed by atoms with E-state index in [2.05, 4.69) is 17.2 Å². The lowest BCUT2D eigenvalue weighted by Gasteiger charge is -2.06. The highest BCUT2D eigenvalue weighted by Gasteiger charge is 1.99. The van der Waals surface area contributed by atoms with Crippen molar-refractivity contribution in [2.24, 2.45) is 5.16 Å². The summed E-state index contributed by atoms with van der Waals surface area (Å²) in [5.74, 6) is 2.49. The molecule has 0 atom stereocenters. The highest BCUT2D eigenvalue weighted by Crippen LogP contribution is 2.15. The molecule has 0 N–H and O–H groups in total. The molecule has 0 saturated heterocycles. The Morgan fingerprint density at radius 3 is 3.23 bits per heavy atom. The zero-order chi connectivity index (χ0) is 9.36. The summed E-state index contributed by atoms with van der Waals surface area (Å²) in [4.78, 5) is 4.96. The van der Waals surface area contributed by atoms with Gasteiger partial charge in [-0.25, -0.2) is 0 Å². The smallest absolute Gasteiger partial charge is 0.128 e. The van der Waals surface area contributed by atoms with Crippen LogP contribution in [0.1, 0.15) is 32.1 Å². The molecular weight excluding hydrogens is 162 g/mol. The van der Waals surface area contributed by atoms with Gasteiger partial charge >= 0.3 is 0 Å². The molecule has 0 saturated carbocycles. The lowest BCUT2D eigenvalue weighted by atomic mass is 10.0. The van der Waals surface area contributed by atoms with Gasteiger partial charge in [0.2, 0.25) is 0 Å². The molecule has 1 aliphatic rings. The zero-order valence-corrected chi connectivity index (χ0v) is 7.83. The van der Waals surface area contributed by atoms with Gasteiger partial charge in [-0.15, -0.1) is 12.3 Å². The van der Waals surface area contributed by atoms with E-state index in [1.807, 2.05) is 0 Å². The lowest BCUT2D eigenvalue weighted by Crippen LogP contribution is -1.94. The number of allylic oxidation sites excluding steroid dienone is 2. The van der Waals surface area contributed by atoms with Crippen molar-refractivity contribution in [1.82, 2.24) is 0 Å². The average molecular weight is 177 g/mol. The number of terminal acetylenes is 1. The maximum atomic E-state index is 5.06. The quantitative estimate of drug-likeness (QED) is 0.280. The predicted molar refractivity (Wildman–Crippen MR) is 54.4 cm³/mol. The minimum atomic E-state index is 0.514. The van der Waals surface area contributed by atoms with E-state index in [4.69, 9.17) is 11.3 Å². The van der Waals surface area contributed by atoms with Crippen LogP contribution in [0.25, 0.3) is 0 Å². The fraction of sp³-hybridized carbons (Fsp3) is 0.545. The topological polar surface area (TPSA) is 21.6 Å². The number of hydrogen-bond donors (Lipinski definition) is 0. The summed E-state index contributed by atoms with van der Waals surface area (Å²) >= 11 is 0. The minimum Gasteiger partial charge on any atom is -0.395 e. The second-order valence-corrected chi connectivity index (χ2v) is 3.05. The summed E-state index contributed by atoms with van der Waals surface area (Å²) in [6, 6.07) is 0. The van der Waals surface area contributed by atoms with Crippen LogP contribution >= 0.6 is 0 Å². The molecule has 0 aromatic rings. The molecule has 1 rings (SSSR count). The van der Waals surface area contributed by atoms with Crippen molar-refractivity contribution >= 4 is 6.21 Å². The van der Waals surface area contributed by atoms with E-state index >= 15 is 0 Å². The Hall–Kier alpha value is -1.23. The van der Waals surface area contributed by atoms with Crippen molar-refractivity contribution in [3.05, 3.63) is 11.6 Å². The Balaban J connectivity index is 2.16. The van der Waals surface area contributed by atoms with Gasteiger partial charge in [-0.05, 0) is 31.3 Å². The first kappa shape index (κ1) is 9.85. The molecule has 2 heteroatoms. The third-order valence-electron chi connectivity index (χ3n) is 1.96. The van der Waals surface area contributed by atoms with E-state index in [9.17, 15) is 0 Å². The molecule has 0 amide bonds. The van der Waals surface area contributed by atoms with Crippen LogP contribution in [0.3, 0.4) is 0 Å². The summed E-state index contributed by atoms with van der Waals surface area (Å²) in [6.07, 6.45) is 14.6. The van der Waals surface area contributed by atoms with Crippen molar-refractivity contribution in [2.45, 2.75) is 32.1 Å². The number of nitrogens with zero attached hydrogens (tertiary/aromatic N) is 1. The van der Waals surface area contributed by atoms with E-state index in [0.29, 0.717) is 13.0 Å². The van der Waals surface area contributed by atoms with Crippen molar-refractivity contribution in [3.8, 4) is 12.3 Å². The van der Waals surface area contributed by atoms with Crippen LogP contribution in [0.15, 0.2) is 16.8 Å². The molecule has 2 nitrogen and oxygen atoms in total. The fourth-order valence-corrected chi connectivity index (χ4v) is 1.24. The molecule has 13 heavy (non-hydrogen) atoms. The predicted octanol–water partition coefficient (Wildman–Crippen LogP) is 2.51. The van der Waals surface area contributed by atoms with Gasteiger partial charge in [-0.2, -0.15) is 0 Å². The van der Waals surface area contributed by atoms with Gasteiger partial charge in [0.1, 0.15) is 6.61 Å². The monoisotopic (exact) mass is 177 g/mol. The Morgan fingerprint density at radius 1 is 1.62 bits per heavy atom. The molecule has 70 valence electrons. The van der Waals surface area contributed by atoms with Crippen LogP contribution in [-0.2, 0) is 4.84 Å². The Labute approximate surface area is 79.7 Å². The van der Waals surface area contributed by atoms with Crippen LogP contribution < -0.4 is 0 Å². The first-order valence-electron chi connectivity index (χ1n) is 4.71. The SMILES string of the molecule is C#CCCON=CC1=CCCCC1.